The van der Waals surface area contributed by atoms with Gasteiger partial charge in [0.15, 0.2) is 0 Å². The van der Waals surface area contributed by atoms with Crippen LogP contribution in [0.3, 0.4) is 0 Å². The molecule has 0 spiro atoms. The number of amides is 2. The highest BCUT2D eigenvalue weighted by molar-refractivity contribution is 7.92. The number of ether oxygens (including phenoxy) is 1. The Morgan fingerprint density at radius 1 is 0.921 bits per heavy atom. The van der Waals surface area contributed by atoms with E-state index in [1.165, 1.54) is 24.1 Å². The molecule has 3 rings (SSSR count). The van der Waals surface area contributed by atoms with Crippen LogP contribution in [0.25, 0.3) is 0 Å². The van der Waals surface area contributed by atoms with Crippen LogP contribution in [-0.2, 0) is 26.2 Å². The molecule has 0 heterocycles. The topological polar surface area (TPSA) is 96.0 Å². The highest BCUT2D eigenvalue weighted by Gasteiger charge is 2.33. The molecule has 0 aliphatic heterocycles. The number of aryl methyl sites for hydroxylation is 1. The highest BCUT2D eigenvalue weighted by Crippen LogP contribution is 2.27. The number of nitrogens with one attached hydrogen (secondary N) is 1. The Kier molecular flexibility index (Phi) is 9.90. The van der Waals surface area contributed by atoms with Gasteiger partial charge in [-0.15, -0.1) is 0 Å². The maximum Gasteiger partial charge on any atom is 0.264 e. The predicted octanol–water partition coefficient (Wildman–Crippen LogP) is 4.14. The summed E-state index contributed by atoms with van der Waals surface area (Å²) in [5.41, 5.74) is 2.16. The van der Waals surface area contributed by atoms with Gasteiger partial charge in [-0.3, -0.25) is 13.9 Å². The summed E-state index contributed by atoms with van der Waals surface area (Å²) in [4.78, 5) is 28.2. The predicted molar refractivity (Wildman–Crippen MR) is 148 cm³/mol. The van der Waals surface area contributed by atoms with Gasteiger partial charge >= 0.3 is 0 Å². The van der Waals surface area contributed by atoms with Gasteiger partial charge in [-0.1, -0.05) is 49.4 Å². The molecule has 0 bridgehead atoms. The van der Waals surface area contributed by atoms with Crippen LogP contribution in [0.2, 0.25) is 0 Å². The van der Waals surface area contributed by atoms with Crippen molar-refractivity contribution in [2.24, 2.45) is 0 Å². The molecular weight excluding hydrogens is 502 g/mol. The zero-order chi connectivity index (χ0) is 27.7. The lowest BCUT2D eigenvalue weighted by Gasteiger charge is -2.33. The molecule has 1 N–H and O–H groups in total. The fourth-order valence-electron chi connectivity index (χ4n) is 4.18. The average Bonchev–Trinajstić information content (AvgIpc) is 2.93. The van der Waals surface area contributed by atoms with E-state index in [4.69, 9.17) is 4.74 Å². The van der Waals surface area contributed by atoms with Crippen molar-refractivity contribution in [1.29, 1.82) is 0 Å². The normalized spacial score (nSPS) is 11.9. The first kappa shape index (κ1) is 28.7. The molecule has 3 aromatic carbocycles. The summed E-state index contributed by atoms with van der Waals surface area (Å²) in [5.74, 6) is -0.212. The Morgan fingerprint density at radius 3 is 2.13 bits per heavy atom. The van der Waals surface area contributed by atoms with Crippen LogP contribution in [0.1, 0.15) is 31.4 Å². The first-order valence-corrected chi connectivity index (χ1v) is 14.0. The summed E-state index contributed by atoms with van der Waals surface area (Å²) >= 11 is 0. The molecule has 202 valence electrons. The van der Waals surface area contributed by atoms with Crippen molar-refractivity contribution < 1.29 is 22.7 Å². The fourth-order valence-corrected chi connectivity index (χ4v) is 5.62. The van der Waals surface area contributed by atoms with Crippen molar-refractivity contribution >= 4 is 27.5 Å². The van der Waals surface area contributed by atoms with Crippen molar-refractivity contribution in [3.05, 3.63) is 90.0 Å². The molecule has 0 saturated carbocycles. The van der Waals surface area contributed by atoms with Gasteiger partial charge in [-0.05, 0) is 67.8 Å². The molecule has 0 saturated heterocycles. The first-order valence-electron chi connectivity index (χ1n) is 12.6. The van der Waals surface area contributed by atoms with E-state index in [1.54, 1.807) is 42.5 Å². The Bertz CT molecular complexity index is 1330. The maximum atomic E-state index is 13.9. The minimum Gasteiger partial charge on any atom is -0.494 e. The minimum absolute atomic E-state index is 0.0606. The van der Waals surface area contributed by atoms with E-state index in [0.29, 0.717) is 24.5 Å². The van der Waals surface area contributed by atoms with Gasteiger partial charge in [-0.2, -0.15) is 0 Å². The van der Waals surface area contributed by atoms with E-state index in [-0.39, 0.29) is 17.3 Å². The molecular formula is C29H35N3O5S. The minimum atomic E-state index is -4.10. The van der Waals surface area contributed by atoms with E-state index < -0.39 is 28.5 Å². The number of benzene rings is 3. The van der Waals surface area contributed by atoms with Crippen LogP contribution in [0.4, 0.5) is 5.69 Å². The highest BCUT2D eigenvalue weighted by atomic mass is 32.2. The number of hydrogen-bond acceptors (Lipinski definition) is 5. The van der Waals surface area contributed by atoms with Gasteiger partial charge in [0.25, 0.3) is 10.0 Å². The SMILES string of the molecule is CCOc1ccc(N(CC(=O)N(Cc2ccccc2C)[C@H](CC)C(=O)NC)S(=O)(=O)c2ccccc2)cc1. The second-order valence-electron chi connectivity index (χ2n) is 8.74. The zero-order valence-corrected chi connectivity index (χ0v) is 23.1. The smallest absolute Gasteiger partial charge is 0.264 e. The zero-order valence-electron chi connectivity index (χ0n) is 22.3. The lowest BCUT2D eigenvalue weighted by Crippen LogP contribution is -2.51. The number of likely N-dealkylation sites (N-methyl/N-ethyl adjacent to an activating group) is 1. The fraction of sp³-hybridized carbons (Fsp3) is 0.310. The Balaban J connectivity index is 2.05. The quantitative estimate of drug-likeness (QED) is 0.375. The summed E-state index contributed by atoms with van der Waals surface area (Å²) in [6.45, 7) is 5.77. The molecule has 0 aromatic heterocycles. The summed E-state index contributed by atoms with van der Waals surface area (Å²) in [7, 11) is -2.58. The molecule has 38 heavy (non-hydrogen) atoms. The lowest BCUT2D eigenvalue weighted by molar-refractivity contribution is -0.140. The van der Waals surface area contributed by atoms with Gasteiger partial charge in [-0.25, -0.2) is 8.42 Å². The number of hydrogen-bond donors (Lipinski definition) is 1. The number of rotatable bonds is 12. The van der Waals surface area contributed by atoms with Crippen molar-refractivity contribution in [3.63, 3.8) is 0 Å². The number of carbonyl (C=O) groups is 2. The van der Waals surface area contributed by atoms with Crippen LogP contribution in [0.15, 0.2) is 83.8 Å². The molecule has 0 unspecified atom stereocenters. The van der Waals surface area contributed by atoms with E-state index in [1.807, 2.05) is 45.0 Å². The van der Waals surface area contributed by atoms with Crippen LogP contribution in [0, 0.1) is 6.92 Å². The van der Waals surface area contributed by atoms with Crippen LogP contribution in [-0.4, -0.2) is 51.4 Å². The Morgan fingerprint density at radius 2 is 1.55 bits per heavy atom. The van der Waals surface area contributed by atoms with Gasteiger partial charge in [0.05, 0.1) is 17.2 Å². The van der Waals surface area contributed by atoms with E-state index in [9.17, 15) is 18.0 Å². The second kappa shape index (κ2) is 13.1. The van der Waals surface area contributed by atoms with Crippen LogP contribution >= 0.6 is 0 Å². The molecule has 8 nitrogen and oxygen atoms in total. The van der Waals surface area contributed by atoms with Crippen molar-refractivity contribution in [2.75, 3.05) is 24.5 Å². The monoisotopic (exact) mass is 537 g/mol. The second-order valence-corrected chi connectivity index (χ2v) is 10.6. The van der Waals surface area contributed by atoms with Crippen molar-refractivity contribution in [3.8, 4) is 5.75 Å². The van der Waals surface area contributed by atoms with E-state index in [0.717, 1.165) is 15.4 Å². The van der Waals surface area contributed by atoms with Crippen LogP contribution < -0.4 is 14.4 Å². The maximum absolute atomic E-state index is 13.9. The number of nitrogens with zero attached hydrogens (tertiary/aromatic N) is 2. The number of carbonyl (C=O) groups excluding carboxylic acids is 2. The third kappa shape index (κ3) is 6.72. The van der Waals surface area contributed by atoms with E-state index in [2.05, 4.69) is 5.32 Å². The van der Waals surface area contributed by atoms with Gasteiger partial charge < -0.3 is 15.0 Å². The third-order valence-corrected chi connectivity index (χ3v) is 8.07. The average molecular weight is 538 g/mol. The van der Waals surface area contributed by atoms with Gasteiger partial charge in [0.1, 0.15) is 18.3 Å². The molecule has 9 heteroatoms. The summed E-state index contributed by atoms with van der Waals surface area (Å²) in [5, 5.41) is 2.63. The summed E-state index contributed by atoms with van der Waals surface area (Å²) in [6.07, 6.45) is 0.367. The third-order valence-electron chi connectivity index (χ3n) is 6.28. The Labute approximate surface area is 225 Å². The molecule has 0 radical (unpaired) electrons. The van der Waals surface area contributed by atoms with Gasteiger partial charge in [0.2, 0.25) is 11.8 Å². The molecule has 3 aromatic rings. The largest absolute Gasteiger partial charge is 0.494 e. The molecule has 2 amide bonds. The molecule has 0 aliphatic rings. The Hall–Kier alpha value is -3.85. The molecule has 0 fully saturated rings. The summed E-state index contributed by atoms with van der Waals surface area (Å²) < 4.78 is 34.2. The van der Waals surface area contributed by atoms with Crippen molar-refractivity contribution in [2.45, 2.75) is 44.7 Å². The number of anilines is 1. The summed E-state index contributed by atoms with van der Waals surface area (Å²) in [6, 6.07) is 21.4. The van der Waals surface area contributed by atoms with Crippen molar-refractivity contribution in [1.82, 2.24) is 10.2 Å². The lowest BCUT2D eigenvalue weighted by atomic mass is 10.1. The van der Waals surface area contributed by atoms with Crippen LogP contribution in [0.5, 0.6) is 5.75 Å². The standard InChI is InChI=1S/C29H35N3O5S/c1-5-27(29(34)30-4)31(20-23-13-11-10-12-22(23)3)28(33)21-32(24-16-18-25(19-17-24)37-6-2)38(35,36)26-14-8-7-9-15-26/h7-19,27H,5-6,20-21H2,1-4H3,(H,30,34)/t27-/m1/s1. The van der Waals surface area contributed by atoms with E-state index >= 15 is 0 Å². The molecule has 0 aliphatic carbocycles. The number of sulfonamides is 1. The molecule has 1 atom stereocenters. The van der Waals surface area contributed by atoms with Gasteiger partial charge in [0, 0.05) is 13.6 Å². The first-order chi connectivity index (χ1) is 18.2.